The van der Waals surface area contributed by atoms with Crippen LogP contribution in [-0.2, 0) is 4.74 Å². The average Bonchev–Trinajstić information content (AvgIpc) is 2.34. The first kappa shape index (κ1) is 8.24. The molecule has 0 aromatic heterocycles. The first-order valence-electron chi connectivity index (χ1n) is 3.43. The number of nitrogens with one attached hydrogen (secondary N) is 1. The van der Waals surface area contributed by atoms with Gasteiger partial charge in [0.1, 0.15) is 0 Å². The van der Waals surface area contributed by atoms with Crippen LogP contribution in [0.5, 0.6) is 0 Å². The van der Waals surface area contributed by atoms with E-state index in [-0.39, 0.29) is 0 Å². The lowest BCUT2D eigenvalue weighted by atomic mass is 10.3. The molecule has 0 amide bonds. The topological polar surface area (TPSA) is 21.3 Å². The fourth-order valence-corrected chi connectivity index (χ4v) is 1.11. The zero-order chi connectivity index (χ0) is 7.40. The molecule has 0 aliphatic carbocycles. The zero-order valence-corrected chi connectivity index (χ0v) is 7.49. The fourth-order valence-electron chi connectivity index (χ4n) is 0.951. The molecule has 1 aliphatic rings. The van der Waals surface area contributed by atoms with E-state index in [1.165, 1.54) is 0 Å². The van der Waals surface area contributed by atoms with Crippen molar-refractivity contribution in [2.75, 3.05) is 19.8 Å². The van der Waals surface area contributed by atoms with Crippen LogP contribution in [-0.4, -0.2) is 25.8 Å². The standard InChI is InChI=1S/C7H12BrNO/c1-6(8)4-9-7-2-3-10-5-7/h7,9H,1-5H2. The number of ether oxygens (including phenoxy) is 1. The van der Waals surface area contributed by atoms with Gasteiger partial charge in [-0.2, -0.15) is 0 Å². The van der Waals surface area contributed by atoms with E-state index in [0.29, 0.717) is 6.04 Å². The molecule has 3 heteroatoms. The van der Waals surface area contributed by atoms with E-state index in [9.17, 15) is 0 Å². The van der Waals surface area contributed by atoms with E-state index in [4.69, 9.17) is 4.74 Å². The summed E-state index contributed by atoms with van der Waals surface area (Å²) in [5, 5.41) is 3.31. The molecule has 58 valence electrons. The second-order valence-electron chi connectivity index (χ2n) is 2.46. The van der Waals surface area contributed by atoms with Crippen molar-refractivity contribution in [1.82, 2.24) is 5.32 Å². The Morgan fingerprint density at radius 2 is 2.60 bits per heavy atom. The van der Waals surface area contributed by atoms with Gasteiger partial charge >= 0.3 is 0 Å². The van der Waals surface area contributed by atoms with E-state index in [1.54, 1.807) is 0 Å². The van der Waals surface area contributed by atoms with Gasteiger partial charge in [-0.05, 0) is 6.42 Å². The summed E-state index contributed by atoms with van der Waals surface area (Å²) in [5.41, 5.74) is 0. The van der Waals surface area contributed by atoms with Gasteiger partial charge in [-0.3, -0.25) is 0 Å². The van der Waals surface area contributed by atoms with Crippen LogP contribution in [0.3, 0.4) is 0 Å². The van der Waals surface area contributed by atoms with Gasteiger partial charge in [0.15, 0.2) is 0 Å². The third-order valence-corrected chi connectivity index (χ3v) is 1.79. The molecule has 1 fully saturated rings. The van der Waals surface area contributed by atoms with Gasteiger partial charge < -0.3 is 10.1 Å². The average molecular weight is 206 g/mol. The molecule has 0 radical (unpaired) electrons. The second-order valence-corrected chi connectivity index (χ2v) is 3.58. The van der Waals surface area contributed by atoms with Gasteiger partial charge in [0.05, 0.1) is 6.61 Å². The van der Waals surface area contributed by atoms with E-state index >= 15 is 0 Å². The van der Waals surface area contributed by atoms with Gasteiger partial charge in [0, 0.05) is 23.7 Å². The Bertz CT molecular complexity index is 121. The monoisotopic (exact) mass is 205 g/mol. The lowest BCUT2D eigenvalue weighted by Gasteiger charge is -2.08. The van der Waals surface area contributed by atoms with Crippen molar-refractivity contribution >= 4 is 15.9 Å². The largest absolute Gasteiger partial charge is 0.380 e. The fraction of sp³-hybridized carbons (Fsp3) is 0.714. The van der Waals surface area contributed by atoms with E-state index in [2.05, 4.69) is 27.8 Å². The molecule has 1 saturated heterocycles. The Kier molecular flexibility index (Phi) is 3.39. The lowest BCUT2D eigenvalue weighted by Crippen LogP contribution is -2.29. The van der Waals surface area contributed by atoms with Crippen molar-refractivity contribution in [1.29, 1.82) is 0 Å². The molecule has 1 unspecified atom stereocenters. The Balaban J connectivity index is 2.07. The van der Waals surface area contributed by atoms with Crippen LogP contribution >= 0.6 is 15.9 Å². The first-order valence-corrected chi connectivity index (χ1v) is 4.23. The molecule has 0 spiro atoms. The predicted molar refractivity (Wildman–Crippen MR) is 45.3 cm³/mol. The molecule has 1 N–H and O–H groups in total. The molecule has 1 aliphatic heterocycles. The molecule has 10 heavy (non-hydrogen) atoms. The smallest absolute Gasteiger partial charge is 0.0620 e. The molecule has 0 bridgehead atoms. The quantitative estimate of drug-likeness (QED) is 0.750. The van der Waals surface area contributed by atoms with Crippen molar-refractivity contribution in [3.8, 4) is 0 Å². The van der Waals surface area contributed by atoms with Crippen molar-refractivity contribution in [2.45, 2.75) is 12.5 Å². The van der Waals surface area contributed by atoms with Gasteiger partial charge in [0.25, 0.3) is 0 Å². The Labute approximate surface area is 69.8 Å². The van der Waals surface area contributed by atoms with Gasteiger partial charge in [-0.1, -0.05) is 22.5 Å². The maximum Gasteiger partial charge on any atom is 0.0620 e. The van der Waals surface area contributed by atoms with Crippen LogP contribution in [0.2, 0.25) is 0 Å². The van der Waals surface area contributed by atoms with Crippen LogP contribution < -0.4 is 5.32 Å². The third-order valence-electron chi connectivity index (χ3n) is 1.51. The van der Waals surface area contributed by atoms with E-state index in [0.717, 1.165) is 30.7 Å². The highest BCUT2D eigenvalue weighted by molar-refractivity contribution is 9.11. The molecule has 2 nitrogen and oxygen atoms in total. The summed E-state index contributed by atoms with van der Waals surface area (Å²) in [4.78, 5) is 0. The Morgan fingerprint density at radius 3 is 3.10 bits per heavy atom. The molecular weight excluding hydrogens is 194 g/mol. The molecule has 1 heterocycles. The molecule has 0 aromatic rings. The maximum atomic E-state index is 5.18. The number of hydrogen-bond donors (Lipinski definition) is 1. The summed E-state index contributed by atoms with van der Waals surface area (Å²) in [6, 6.07) is 0.536. The third kappa shape index (κ3) is 2.82. The summed E-state index contributed by atoms with van der Waals surface area (Å²) in [7, 11) is 0. The number of rotatable bonds is 3. The number of hydrogen-bond acceptors (Lipinski definition) is 2. The van der Waals surface area contributed by atoms with E-state index in [1.807, 2.05) is 0 Å². The zero-order valence-electron chi connectivity index (χ0n) is 5.90. The minimum atomic E-state index is 0.536. The van der Waals surface area contributed by atoms with Crippen molar-refractivity contribution in [3.63, 3.8) is 0 Å². The predicted octanol–water partition coefficient (Wildman–Crippen LogP) is 1.27. The minimum Gasteiger partial charge on any atom is -0.380 e. The summed E-state index contributed by atoms with van der Waals surface area (Å²) < 4.78 is 6.18. The van der Waals surface area contributed by atoms with Gasteiger partial charge in [0.2, 0.25) is 0 Å². The SMILES string of the molecule is C=C(Br)CNC1CCOC1. The van der Waals surface area contributed by atoms with Crippen LogP contribution in [0.25, 0.3) is 0 Å². The molecule has 1 atom stereocenters. The highest BCUT2D eigenvalue weighted by atomic mass is 79.9. The van der Waals surface area contributed by atoms with Crippen LogP contribution in [0.1, 0.15) is 6.42 Å². The summed E-state index contributed by atoms with van der Waals surface area (Å²) >= 11 is 3.28. The second kappa shape index (κ2) is 4.11. The summed E-state index contributed by atoms with van der Waals surface area (Å²) in [6.45, 7) is 6.31. The minimum absolute atomic E-state index is 0.536. The van der Waals surface area contributed by atoms with Crippen molar-refractivity contribution < 1.29 is 4.74 Å². The lowest BCUT2D eigenvalue weighted by molar-refractivity contribution is 0.190. The first-order chi connectivity index (χ1) is 4.79. The van der Waals surface area contributed by atoms with E-state index < -0.39 is 0 Å². The molecular formula is C7H12BrNO. The van der Waals surface area contributed by atoms with Gasteiger partial charge in [-0.25, -0.2) is 0 Å². The maximum absolute atomic E-state index is 5.18. The molecule has 1 rings (SSSR count). The Hall–Kier alpha value is 0.140. The van der Waals surface area contributed by atoms with Crippen LogP contribution in [0.15, 0.2) is 11.1 Å². The molecule has 0 aromatic carbocycles. The summed E-state index contributed by atoms with van der Waals surface area (Å²) in [5.74, 6) is 0. The van der Waals surface area contributed by atoms with Crippen LogP contribution in [0, 0.1) is 0 Å². The summed E-state index contributed by atoms with van der Waals surface area (Å²) in [6.07, 6.45) is 1.13. The number of halogens is 1. The highest BCUT2D eigenvalue weighted by Gasteiger charge is 2.13. The van der Waals surface area contributed by atoms with Crippen molar-refractivity contribution in [3.05, 3.63) is 11.1 Å². The molecule has 0 saturated carbocycles. The van der Waals surface area contributed by atoms with Gasteiger partial charge in [-0.15, -0.1) is 0 Å². The highest BCUT2D eigenvalue weighted by Crippen LogP contribution is 2.05. The normalized spacial score (nSPS) is 25.1. The Morgan fingerprint density at radius 1 is 1.80 bits per heavy atom. The van der Waals surface area contributed by atoms with Crippen LogP contribution in [0.4, 0.5) is 0 Å². The van der Waals surface area contributed by atoms with Crippen molar-refractivity contribution in [2.24, 2.45) is 0 Å².